The van der Waals surface area contributed by atoms with Gasteiger partial charge in [-0.25, -0.2) is 0 Å². The molecule has 3 N–H and O–H groups in total. The molecule has 3 unspecified atom stereocenters. The minimum Gasteiger partial charge on any atom is -0.480 e. The number of aryl methyl sites for hydroxylation is 3. The molecule has 0 aliphatic rings. The molecule has 3 nitrogen and oxygen atoms in total. The van der Waals surface area contributed by atoms with Crippen LogP contribution < -0.4 is 5.73 Å². The van der Waals surface area contributed by atoms with Gasteiger partial charge >= 0.3 is 5.97 Å². The average molecular weight is 277 g/mol. The van der Waals surface area contributed by atoms with E-state index < -0.39 is 11.5 Å². The van der Waals surface area contributed by atoms with Gasteiger partial charge in [0.05, 0.1) is 0 Å². The molecule has 0 heterocycles. The summed E-state index contributed by atoms with van der Waals surface area (Å²) in [4.78, 5) is 11.2. The summed E-state index contributed by atoms with van der Waals surface area (Å²) in [6, 6.07) is 4.37. The van der Waals surface area contributed by atoms with Crippen LogP contribution in [0.2, 0.25) is 0 Å². The monoisotopic (exact) mass is 277 g/mol. The number of aliphatic carboxylic acids is 1. The Labute approximate surface area is 122 Å². The van der Waals surface area contributed by atoms with Gasteiger partial charge in [0.25, 0.3) is 0 Å². The van der Waals surface area contributed by atoms with E-state index in [1.54, 1.807) is 6.92 Å². The quantitative estimate of drug-likeness (QED) is 0.865. The van der Waals surface area contributed by atoms with Gasteiger partial charge in [0, 0.05) is 0 Å². The highest BCUT2D eigenvalue weighted by atomic mass is 16.4. The van der Waals surface area contributed by atoms with Crippen LogP contribution in [0, 0.1) is 26.7 Å². The summed E-state index contributed by atoms with van der Waals surface area (Å²) in [7, 11) is 0. The topological polar surface area (TPSA) is 63.3 Å². The molecule has 0 aromatic heterocycles. The first-order valence-electron chi connectivity index (χ1n) is 7.16. The number of benzene rings is 1. The highest BCUT2D eigenvalue weighted by molar-refractivity contribution is 5.77. The molecule has 0 aliphatic carbocycles. The number of rotatable bonds is 5. The Kier molecular flexibility index (Phi) is 4.98. The molecule has 3 atom stereocenters. The van der Waals surface area contributed by atoms with Crippen LogP contribution in [0.25, 0.3) is 0 Å². The second-order valence-corrected chi connectivity index (χ2v) is 6.51. The standard InChI is InChI=1S/C17H27NO2/c1-10-7-11(2)15(12(3)8-10)14(5)13(4)9-17(6,18)16(19)20/h7-8,13-14H,9,18H2,1-6H3,(H,19,20). The van der Waals surface area contributed by atoms with E-state index in [0.717, 1.165) is 0 Å². The first kappa shape index (κ1) is 16.7. The number of carboxylic acid groups (broad SMARTS) is 1. The van der Waals surface area contributed by atoms with Crippen LogP contribution >= 0.6 is 0 Å². The third-order valence-electron chi connectivity index (χ3n) is 4.28. The lowest BCUT2D eigenvalue weighted by Crippen LogP contribution is -2.46. The lowest BCUT2D eigenvalue weighted by Gasteiger charge is -2.29. The van der Waals surface area contributed by atoms with E-state index in [9.17, 15) is 4.79 Å². The molecule has 0 saturated heterocycles. The number of hydrogen-bond donors (Lipinski definition) is 2. The summed E-state index contributed by atoms with van der Waals surface area (Å²) in [6.07, 6.45) is 0.469. The van der Waals surface area contributed by atoms with Crippen LogP contribution in [0.1, 0.15) is 55.4 Å². The molecule has 20 heavy (non-hydrogen) atoms. The van der Waals surface area contributed by atoms with Crippen LogP contribution in [-0.4, -0.2) is 16.6 Å². The van der Waals surface area contributed by atoms with E-state index >= 15 is 0 Å². The largest absolute Gasteiger partial charge is 0.480 e. The lowest BCUT2D eigenvalue weighted by atomic mass is 9.78. The Balaban J connectivity index is 3.01. The van der Waals surface area contributed by atoms with Crippen molar-refractivity contribution in [2.24, 2.45) is 11.7 Å². The zero-order valence-corrected chi connectivity index (χ0v) is 13.4. The minimum absolute atomic E-state index is 0.209. The SMILES string of the molecule is Cc1cc(C)c(C(C)C(C)CC(C)(N)C(=O)O)c(C)c1. The molecular formula is C17H27NO2. The van der Waals surface area contributed by atoms with Crippen LogP contribution in [0.5, 0.6) is 0 Å². The molecule has 3 heteroatoms. The normalized spacial score (nSPS) is 17.4. The molecule has 1 aromatic rings. The van der Waals surface area contributed by atoms with Crippen molar-refractivity contribution in [2.75, 3.05) is 0 Å². The predicted molar refractivity (Wildman–Crippen MR) is 83.1 cm³/mol. The molecular weight excluding hydrogens is 250 g/mol. The van der Waals surface area contributed by atoms with E-state index in [-0.39, 0.29) is 11.8 Å². The Morgan fingerprint density at radius 1 is 1.25 bits per heavy atom. The average Bonchev–Trinajstić information content (AvgIpc) is 2.26. The maximum Gasteiger partial charge on any atom is 0.323 e. The van der Waals surface area contributed by atoms with E-state index in [1.807, 2.05) is 0 Å². The molecule has 1 rings (SSSR count). The Morgan fingerprint density at radius 3 is 2.10 bits per heavy atom. The second-order valence-electron chi connectivity index (χ2n) is 6.51. The van der Waals surface area contributed by atoms with Crippen molar-refractivity contribution < 1.29 is 9.90 Å². The maximum absolute atomic E-state index is 11.2. The molecule has 0 bridgehead atoms. The molecule has 0 saturated carbocycles. The fraction of sp³-hybridized carbons (Fsp3) is 0.588. The van der Waals surface area contributed by atoms with Crippen LogP contribution in [-0.2, 0) is 4.79 Å². The van der Waals surface area contributed by atoms with Crippen LogP contribution in [0.15, 0.2) is 12.1 Å². The molecule has 0 fully saturated rings. The zero-order valence-electron chi connectivity index (χ0n) is 13.4. The molecule has 0 spiro atoms. The fourth-order valence-corrected chi connectivity index (χ4v) is 3.13. The summed E-state index contributed by atoms with van der Waals surface area (Å²) >= 11 is 0. The summed E-state index contributed by atoms with van der Waals surface area (Å²) in [5.74, 6) is -0.437. The van der Waals surface area contributed by atoms with E-state index in [4.69, 9.17) is 10.8 Å². The fourth-order valence-electron chi connectivity index (χ4n) is 3.13. The molecule has 0 aliphatic heterocycles. The summed E-state index contributed by atoms with van der Waals surface area (Å²) in [6.45, 7) is 12.2. The summed E-state index contributed by atoms with van der Waals surface area (Å²) < 4.78 is 0. The van der Waals surface area contributed by atoms with Gasteiger partial charge in [-0.1, -0.05) is 31.5 Å². The van der Waals surface area contributed by atoms with Gasteiger partial charge in [-0.3, -0.25) is 4.79 Å². The van der Waals surface area contributed by atoms with Gasteiger partial charge in [0.15, 0.2) is 0 Å². The van der Waals surface area contributed by atoms with Gasteiger partial charge in [0.2, 0.25) is 0 Å². The van der Waals surface area contributed by atoms with Crippen molar-refractivity contribution in [1.29, 1.82) is 0 Å². The summed E-state index contributed by atoms with van der Waals surface area (Å²) in [5, 5.41) is 9.16. The first-order chi connectivity index (χ1) is 9.06. The first-order valence-corrected chi connectivity index (χ1v) is 7.16. The smallest absolute Gasteiger partial charge is 0.323 e. The second kappa shape index (κ2) is 5.96. The summed E-state index contributed by atoms with van der Waals surface area (Å²) in [5.41, 5.74) is 9.84. The van der Waals surface area contributed by atoms with Gasteiger partial charge in [0.1, 0.15) is 5.54 Å². The van der Waals surface area contributed by atoms with Crippen molar-refractivity contribution in [2.45, 2.75) is 59.4 Å². The Hall–Kier alpha value is -1.35. The Morgan fingerprint density at radius 2 is 1.70 bits per heavy atom. The van der Waals surface area contributed by atoms with Crippen LogP contribution in [0.3, 0.4) is 0 Å². The van der Waals surface area contributed by atoms with Crippen molar-refractivity contribution in [1.82, 2.24) is 0 Å². The highest BCUT2D eigenvalue weighted by Gasteiger charge is 2.32. The third-order valence-corrected chi connectivity index (χ3v) is 4.28. The van der Waals surface area contributed by atoms with E-state index in [1.165, 1.54) is 22.3 Å². The molecule has 1 aromatic carbocycles. The molecule has 112 valence electrons. The van der Waals surface area contributed by atoms with Crippen molar-refractivity contribution >= 4 is 5.97 Å². The number of carbonyl (C=O) groups is 1. The van der Waals surface area contributed by atoms with E-state index in [0.29, 0.717) is 6.42 Å². The minimum atomic E-state index is -1.17. The number of nitrogens with two attached hydrogens (primary N) is 1. The highest BCUT2D eigenvalue weighted by Crippen LogP contribution is 2.34. The third kappa shape index (κ3) is 3.60. The molecule has 0 radical (unpaired) electrons. The van der Waals surface area contributed by atoms with Gasteiger partial charge < -0.3 is 10.8 Å². The van der Waals surface area contributed by atoms with Crippen molar-refractivity contribution in [3.63, 3.8) is 0 Å². The van der Waals surface area contributed by atoms with E-state index in [2.05, 4.69) is 46.8 Å². The Bertz CT molecular complexity index is 483. The lowest BCUT2D eigenvalue weighted by molar-refractivity contribution is -0.143. The number of hydrogen-bond acceptors (Lipinski definition) is 2. The van der Waals surface area contributed by atoms with Gasteiger partial charge in [-0.15, -0.1) is 0 Å². The van der Waals surface area contributed by atoms with Crippen LogP contribution in [0.4, 0.5) is 0 Å². The zero-order chi connectivity index (χ0) is 15.7. The van der Waals surface area contributed by atoms with Crippen molar-refractivity contribution in [3.05, 3.63) is 34.4 Å². The van der Waals surface area contributed by atoms with Crippen molar-refractivity contribution in [3.8, 4) is 0 Å². The predicted octanol–water partition coefficient (Wildman–Crippen LogP) is 3.54. The number of carboxylic acids is 1. The van der Waals surface area contributed by atoms with Gasteiger partial charge in [-0.2, -0.15) is 0 Å². The molecule has 0 amide bonds. The van der Waals surface area contributed by atoms with Gasteiger partial charge in [-0.05, 0) is 62.6 Å². The maximum atomic E-state index is 11.2.